The van der Waals surface area contributed by atoms with E-state index >= 15 is 0 Å². The molecule has 2 rings (SSSR count). The highest BCUT2D eigenvalue weighted by atomic mass is 16.5. The molecule has 2 aromatic carbocycles. The standard InChI is InChI=1S/C38H57N7O7/c1-22(2)14-32(33(47)15-25(7)35(48)44-34(24(5)6)38(51)40-19-23(3)4)43-37(50)29-16-28(17-31(18-29)52-21-30(46)20-41-45-39)36(49)42-26(8)27-12-10-9-11-13-27/h9-13,16-18,22-26,30,32-34,46-47H,14-15,19-21H2,1-8H3,(H,40,51)(H,42,49)(H,43,50)(H,44,48). The van der Waals surface area contributed by atoms with Crippen LogP contribution in [0.5, 0.6) is 5.75 Å². The lowest BCUT2D eigenvalue weighted by Gasteiger charge is -2.29. The highest BCUT2D eigenvalue weighted by Crippen LogP contribution is 2.22. The fourth-order valence-corrected chi connectivity index (χ4v) is 5.38. The molecule has 0 heterocycles. The molecule has 0 bridgehead atoms. The molecule has 6 unspecified atom stereocenters. The largest absolute Gasteiger partial charge is 0.491 e. The molecule has 0 spiro atoms. The van der Waals surface area contributed by atoms with Crippen LogP contribution in [0.3, 0.4) is 0 Å². The molecule has 0 aliphatic heterocycles. The number of hydrogen-bond acceptors (Lipinski definition) is 8. The molecule has 6 N–H and O–H groups in total. The lowest BCUT2D eigenvalue weighted by molar-refractivity contribution is -0.132. The minimum absolute atomic E-state index is 0.0131. The first-order valence-electron chi connectivity index (χ1n) is 17.9. The van der Waals surface area contributed by atoms with Crippen LogP contribution in [-0.2, 0) is 9.59 Å². The molecule has 14 nitrogen and oxygen atoms in total. The van der Waals surface area contributed by atoms with Crippen molar-refractivity contribution in [3.63, 3.8) is 0 Å². The number of amides is 4. The van der Waals surface area contributed by atoms with Crippen molar-refractivity contribution in [3.05, 3.63) is 75.7 Å². The minimum atomic E-state index is -1.13. The van der Waals surface area contributed by atoms with Crippen molar-refractivity contribution in [2.24, 2.45) is 28.8 Å². The van der Waals surface area contributed by atoms with E-state index in [1.165, 1.54) is 18.2 Å². The van der Waals surface area contributed by atoms with Gasteiger partial charge in [0.15, 0.2) is 0 Å². The molecule has 286 valence electrons. The van der Waals surface area contributed by atoms with E-state index in [0.29, 0.717) is 13.0 Å². The summed E-state index contributed by atoms with van der Waals surface area (Å²) < 4.78 is 5.71. The molecule has 0 radical (unpaired) electrons. The summed E-state index contributed by atoms with van der Waals surface area (Å²) in [4.78, 5) is 55.8. The van der Waals surface area contributed by atoms with E-state index in [9.17, 15) is 29.4 Å². The van der Waals surface area contributed by atoms with Crippen molar-refractivity contribution in [1.82, 2.24) is 21.3 Å². The predicted molar refractivity (Wildman–Crippen MR) is 199 cm³/mol. The van der Waals surface area contributed by atoms with Gasteiger partial charge in [0.25, 0.3) is 11.8 Å². The number of azide groups is 1. The van der Waals surface area contributed by atoms with Gasteiger partial charge >= 0.3 is 0 Å². The third kappa shape index (κ3) is 14.9. The molecule has 0 saturated carbocycles. The van der Waals surface area contributed by atoms with Gasteiger partial charge in [0.05, 0.1) is 30.8 Å². The van der Waals surface area contributed by atoms with Crippen LogP contribution >= 0.6 is 0 Å². The third-order valence-corrected chi connectivity index (χ3v) is 8.36. The Hall–Kier alpha value is -4.65. The van der Waals surface area contributed by atoms with E-state index < -0.39 is 42.0 Å². The van der Waals surface area contributed by atoms with E-state index in [4.69, 9.17) is 10.3 Å². The van der Waals surface area contributed by atoms with Gasteiger partial charge in [-0.15, -0.1) is 0 Å². The van der Waals surface area contributed by atoms with Crippen molar-refractivity contribution in [3.8, 4) is 5.75 Å². The van der Waals surface area contributed by atoms with Crippen molar-refractivity contribution < 1.29 is 34.1 Å². The van der Waals surface area contributed by atoms with Crippen molar-refractivity contribution >= 4 is 23.6 Å². The first-order valence-corrected chi connectivity index (χ1v) is 17.9. The van der Waals surface area contributed by atoms with Crippen LogP contribution in [0.25, 0.3) is 10.4 Å². The Morgan fingerprint density at radius 1 is 0.808 bits per heavy atom. The minimum Gasteiger partial charge on any atom is -0.491 e. The maximum atomic E-state index is 13.8. The second kappa shape index (κ2) is 21.7. The average molecular weight is 724 g/mol. The lowest BCUT2D eigenvalue weighted by Crippen LogP contribution is -2.52. The van der Waals surface area contributed by atoms with Gasteiger partial charge in [-0.1, -0.05) is 83.9 Å². The van der Waals surface area contributed by atoms with E-state index in [2.05, 4.69) is 31.3 Å². The lowest BCUT2D eigenvalue weighted by atomic mass is 9.91. The number of nitrogens with one attached hydrogen (secondary N) is 4. The third-order valence-electron chi connectivity index (χ3n) is 8.36. The molecule has 52 heavy (non-hydrogen) atoms. The Kier molecular flexibility index (Phi) is 18.1. The number of carbonyl (C=O) groups excluding carboxylic acids is 4. The molecule has 4 amide bonds. The fraction of sp³-hybridized carbons (Fsp3) is 0.579. The summed E-state index contributed by atoms with van der Waals surface area (Å²) in [6.45, 7) is 15.0. The summed E-state index contributed by atoms with van der Waals surface area (Å²) in [7, 11) is 0. The number of ether oxygens (including phenoxy) is 1. The van der Waals surface area contributed by atoms with Gasteiger partial charge < -0.3 is 36.2 Å². The molecular weight excluding hydrogens is 666 g/mol. The highest BCUT2D eigenvalue weighted by Gasteiger charge is 2.30. The van der Waals surface area contributed by atoms with Gasteiger partial charge in [-0.3, -0.25) is 19.2 Å². The van der Waals surface area contributed by atoms with Crippen LogP contribution in [0.4, 0.5) is 0 Å². The van der Waals surface area contributed by atoms with Crippen molar-refractivity contribution in [2.75, 3.05) is 19.7 Å². The Bertz CT molecular complexity index is 1510. The predicted octanol–water partition coefficient (Wildman–Crippen LogP) is 4.67. The van der Waals surface area contributed by atoms with Crippen LogP contribution in [0, 0.1) is 23.7 Å². The number of rotatable bonds is 21. The Labute approximate surface area is 307 Å². The summed E-state index contributed by atoms with van der Waals surface area (Å²) in [6, 6.07) is 11.8. The summed E-state index contributed by atoms with van der Waals surface area (Å²) >= 11 is 0. The molecule has 0 aliphatic carbocycles. The van der Waals surface area contributed by atoms with Gasteiger partial charge in [-0.25, -0.2) is 0 Å². The van der Waals surface area contributed by atoms with Crippen LogP contribution < -0.4 is 26.0 Å². The quantitative estimate of drug-likeness (QED) is 0.0607. The second-order valence-electron chi connectivity index (χ2n) is 14.5. The zero-order valence-corrected chi connectivity index (χ0v) is 31.6. The van der Waals surface area contributed by atoms with Gasteiger partial charge in [0.1, 0.15) is 18.4 Å². The highest BCUT2D eigenvalue weighted by molar-refractivity contribution is 6.00. The zero-order valence-electron chi connectivity index (χ0n) is 31.6. The fourth-order valence-electron chi connectivity index (χ4n) is 5.38. The Morgan fingerprint density at radius 3 is 1.98 bits per heavy atom. The first-order chi connectivity index (χ1) is 24.5. The molecule has 2 aromatic rings. The number of aliphatic hydroxyl groups is 2. The normalized spacial score (nSPS) is 14.7. The SMILES string of the molecule is CC(C)CNC(=O)C(NC(=O)C(C)CC(O)C(CC(C)C)NC(=O)c1cc(OCC(O)CN=[N+]=[N-])cc(C(=O)NC(C)c2ccccc2)c1)C(C)C. The Balaban J connectivity index is 2.29. The number of aliphatic hydroxyl groups excluding tert-OH is 2. The number of nitrogens with zero attached hydrogens (tertiary/aromatic N) is 3. The van der Waals surface area contributed by atoms with Gasteiger partial charge in [-0.2, -0.15) is 0 Å². The molecule has 6 atom stereocenters. The number of benzene rings is 2. The zero-order chi connectivity index (χ0) is 39.0. The smallest absolute Gasteiger partial charge is 0.251 e. The van der Waals surface area contributed by atoms with Gasteiger partial charge in [0.2, 0.25) is 11.8 Å². The molecule has 14 heteroatoms. The topological polar surface area (TPSA) is 215 Å². The van der Waals surface area contributed by atoms with Gasteiger partial charge in [-0.05, 0) is 66.8 Å². The molecular formula is C38H57N7O7. The molecule has 0 fully saturated rings. The maximum absolute atomic E-state index is 13.8. The number of carbonyl (C=O) groups is 4. The number of hydrogen-bond donors (Lipinski definition) is 6. The monoisotopic (exact) mass is 723 g/mol. The van der Waals surface area contributed by atoms with Crippen LogP contribution in [-0.4, -0.2) is 77.8 Å². The molecule has 0 aromatic heterocycles. The van der Waals surface area contributed by atoms with E-state index in [-0.39, 0.29) is 72.1 Å². The second-order valence-corrected chi connectivity index (χ2v) is 14.5. The van der Waals surface area contributed by atoms with Crippen LogP contribution in [0.1, 0.15) is 101 Å². The van der Waals surface area contributed by atoms with Crippen molar-refractivity contribution in [2.45, 2.75) is 98.6 Å². The molecule has 0 aliphatic rings. The van der Waals surface area contributed by atoms with E-state index in [1.54, 1.807) is 6.92 Å². The first kappa shape index (κ1) is 43.5. The summed E-state index contributed by atoms with van der Waals surface area (Å²) in [5.41, 5.74) is 9.63. The maximum Gasteiger partial charge on any atom is 0.251 e. The summed E-state index contributed by atoms with van der Waals surface area (Å²) in [5, 5.41) is 36.3. The summed E-state index contributed by atoms with van der Waals surface area (Å²) in [5.74, 6) is -2.13. The van der Waals surface area contributed by atoms with Crippen LogP contribution in [0.15, 0.2) is 53.6 Å². The molecule has 0 saturated heterocycles. The van der Waals surface area contributed by atoms with Crippen LogP contribution in [0.2, 0.25) is 0 Å². The Morgan fingerprint density at radius 2 is 1.42 bits per heavy atom. The van der Waals surface area contributed by atoms with Crippen molar-refractivity contribution in [1.29, 1.82) is 0 Å². The van der Waals surface area contributed by atoms with Gasteiger partial charge in [0, 0.05) is 28.5 Å². The van der Waals surface area contributed by atoms with E-state index in [1.807, 2.05) is 78.8 Å². The average Bonchev–Trinajstić information content (AvgIpc) is 3.10. The summed E-state index contributed by atoms with van der Waals surface area (Å²) in [6.07, 6.45) is -1.85. The van der Waals surface area contributed by atoms with E-state index in [0.717, 1.165) is 5.56 Å².